The van der Waals surface area contributed by atoms with E-state index in [-0.39, 0.29) is 5.91 Å². The summed E-state index contributed by atoms with van der Waals surface area (Å²) in [5.41, 5.74) is 2.17. The van der Waals surface area contributed by atoms with Crippen LogP contribution in [0.15, 0.2) is 53.5 Å². The van der Waals surface area contributed by atoms with Crippen molar-refractivity contribution in [1.82, 2.24) is 4.57 Å². The lowest BCUT2D eigenvalue weighted by molar-refractivity contribution is -0.118. The van der Waals surface area contributed by atoms with Crippen molar-refractivity contribution in [2.75, 3.05) is 20.8 Å². The highest BCUT2D eigenvalue weighted by Crippen LogP contribution is 2.23. The highest BCUT2D eigenvalue weighted by Gasteiger charge is 2.09. The van der Waals surface area contributed by atoms with Gasteiger partial charge in [0, 0.05) is 20.1 Å². The van der Waals surface area contributed by atoms with Gasteiger partial charge < -0.3 is 14.0 Å². The van der Waals surface area contributed by atoms with E-state index in [1.54, 1.807) is 14.2 Å². The fraction of sp³-hybridized carbons (Fsp3) is 0.300. The molecule has 26 heavy (non-hydrogen) atoms. The Bertz CT molecular complexity index is 945. The smallest absolute Gasteiger partial charge is 0.248 e. The maximum Gasteiger partial charge on any atom is 0.248 e. The molecular formula is C20H22N2O3S. The first-order valence-corrected chi connectivity index (χ1v) is 9.30. The molecule has 3 aromatic rings. The predicted octanol–water partition coefficient (Wildman–Crippen LogP) is 3.42. The van der Waals surface area contributed by atoms with Crippen LogP contribution in [0.25, 0.3) is 10.2 Å². The van der Waals surface area contributed by atoms with Gasteiger partial charge in [-0.25, -0.2) is 0 Å². The third-order valence-corrected chi connectivity index (χ3v) is 5.14. The molecular weight excluding hydrogens is 348 g/mol. The predicted molar refractivity (Wildman–Crippen MR) is 104 cm³/mol. The summed E-state index contributed by atoms with van der Waals surface area (Å²) in [5.74, 6) is 0.679. The maximum atomic E-state index is 12.4. The normalized spacial score (nSPS) is 11.8. The van der Waals surface area contributed by atoms with Crippen molar-refractivity contribution < 1.29 is 14.3 Å². The molecule has 1 heterocycles. The molecule has 3 rings (SSSR count). The molecule has 1 amide bonds. The van der Waals surface area contributed by atoms with Crippen LogP contribution in [-0.2, 0) is 22.5 Å². The van der Waals surface area contributed by atoms with E-state index in [1.807, 2.05) is 53.1 Å². The van der Waals surface area contributed by atoms with Gasteiger partial charge in [-0.3, -0.25) is 4.79 Å². The molecule has 6 heteroatoms. The largest absolute Gasteiger partial charge is 0.497 e. The van der Waals surface area contributed by atoms with Crippen LogP contribution in [-0.4, -0.2) is 31.3 Å². The lowest BCUT2D eigenvalue weighted by atomic mass is 10.1. The number of aryl methyl sites for hydroxylation is 1. The number of benzene rings is 2. The quantitative estimate of drug-likeness (QED) is 0.640. The molecule has 0 aliphatic rings. The van der Waals surface area contributed by atoms with Crippen LogP contribution >= 0.6 is 11.3 Å². The van der Waals surface area contributed by atoms with Crippen molar-refractivity contribution in [3.8, 4) is 5.75 Å². The molecule has 0 unspecified atom stereocenters. The first kappa shape index (κ1) is 18.4. The number of aromatic nitrogens is 1. The van der Waals surface area contributed by atoms with Gasteiger partial charge in [0.1, 0.15) is 5.75 Å². The molecule has 0 radical (unpaired) electrons. The Kier molecular flexibility index (Phi) is 6.20. The van der Waals surface area contributed by atoms with Crippen LogP contribution in [0.5, 0.6) is 5.75 Å². The number of ether oxygens (including phenoxy) is 2. The van der Waals surface area contributed by atoms with Crippen LogP contribution < -0.4 is 9.54 Å². The SMILES string of the molecule is COCCn1c(=NC(=O)CCc2ccccc2)sc2cc(OC)ccc21. The Morgan fingerprint density at radius 2 is 1.96 bits per heavy atom. The monoisotopic (exact) mass is 370 g/mol. The summed E-state index contributed by atoms with van der Waals surface area (Å²) in [4.78, 5) is 17.4. The highest BCUT2D eigenvalue weighted by molar-refractivity contribution is 7.16. The van der Waals surface area contributed by atoms with Gasteiger partial charge in [0.2, 0.25) is 5.91 Å². The molecule has 1 aromatic heterocycles. The second-order valence-corrected chi connectivity index (χ2v) is 6.86. The van der Waals surface area contributed by atoms with Gasteiger partial charge in [-0.15, -0.1) is 0 Å². The number of fused-ring (bicyclic) bond motifs is 1. The molecule has 2 aromatic carbocycles. The molecule has 0 spiro atoms. The Hall–Kier alpha value is -2.44. The van der Waals surface area contributed by atoms with Crippen molar-refractivity contribution in [2.24, 2.45) is 4.99 Å². The minimum atomic E-state index is -0.112. The molecule has 0 aliphatic heterocycles. The summed E-state index contributed by atoms with van der Waals surface area (Å²) in [6, 6.07) is 15.9. The van der Waals surface area contributed by atoms with Gasteiger partial charge in [0.25, 0.3) is 0 Å². The average Bonchev–Trinajstić information content (AvgIpc) is 3.01. The van der Waals surface area contributed by atoms with Crippen molar-refractivity contribution >= 4 is 27.5 Å². The molecule has 0 saturated carbocycles. The van der Waals surface area contributed by atoms with E-state index in [9.17, 15) is 4.79 Å². The minimum Gasteiger partial charge on any atom is -0.497 e. The van der Waals surface area contributed by atoms with E-state index in [4.69, 9.17) is 9.47 Å². The van der Waals surface area contributed by atoms with Crippen LogP contribution in [0.3, 0.4) is 0 Å². The van der Waals surface area contributed by atoms with Crippen molar-refractivity contribution in [2.45, 2.75) is 19.4 Å². The lowest BCUT2D eigenvalue weighted by Gasteiger charge is -2.05. The maximum absolute atomic E-state index is 12.4. The Morgan fingerprint density at radius 1 is 1.15 bits per heavy atom. The molecule has 5 nitrogen and oxygen atoms in total. The number of rotatable bonds is 7. The number of hydrogen-bond acceptors (Lipinski definition) is 4. The van der Waals surface area contributed by atoms with E-state index in [0.717, 1.165) is 21.5 Å². The first-order valence-electron chi connectivity index (χ1n) is 8.49. The Labute approximate surface area is 156 Å². The zero-order valence-electron chi connectivity index (χ0n) is 15.0. The molecule has 136 valence electrons. The van der Waals surface area contributed by atoms with Gasteiger partial charge >= 0.3 is 0 Å². The van der Waals surface area contributed by atoms with E-state index in [0.29, 0.717) is 30.8 Å². The molecule has 0 bridgehead atoms. The van der Waals surface area contributed by atoms with Crippen molar-refractivity contribution in [3.05, 3.63) is 58.9 Å². The van der Waals surface area contributed by atoms with Crippen LogP contribution in [0.2, 0.25) is 0 Å². The minimum absolute atomic E-state index is 0.112. The fourth-order valence-corrected chi connectivity index (χ4v) is 3.82. The standard InChI is InChI=1S/C20H22N2O3S/c1-24-13-12-22-17-10-9-16(25-2)14-18(17)26-20(22)21-19(23)11-8-15-6-4-3-5-7-15/h3-7,9-10,14H,8,11-13H2,1-2H3. The number of thiazole rings is 1. The van der Waals surface area contributed by atoms with Crippen molar-refractivity contribution in [1.29, 1.82) is 0 Å². The molecule has 0 N–H and O–H groups in total. The second kappa shape index (κ2) is 8.78. The average molecular weight is 370 g/mol. The molecule has 0 atom stereocenters. The first-order chi connectivity index (χ1) is 12.7. The summed E-state index contributed by atoms with van der Waals surface area (Å²) >= 11 is 1.49. The number of amides is 1. The van der Waals surface area contributed by atoms with Gasteiger partial charge in [0.05, 0.1) is 23.9 Å². The third kappa shape index (κ3) is 4.39. The highest BCUT2D eigenvalue weighted by atomic mass is 32.1. The van der Waals surface area contributed by atoms with Crippen LogP contribution in [0.4, 0.5) is 0 Å². The van der Waals surface area contributed by atoms with Gasteiger partial charge in [-0.2, -0.15) is 4.99 Å². The van der Waals surface area contributed by atoms with Gasteiger partial charge in [-0.1, -0.05) is 41.7 Å². The van der Waals surface area contributed by atoms with Crippen LogP contribution in [0.1, 0.15) is 12.0 Å². The second-order valence-electron chi connectivity index (χ2n) is 5.85. The Balaban J connectivity index is 1.88. The zero-order valence-corrected chi connectivity index (χ0v) is 15.8. The van der Waals surface area contributed by atoms with Crippen LogP contribution in [0, 0.1) is 0 Å². The summed E-state index contributed by atoms with van der Waals surface area (Å²) < 4.78 is 13.6. The lowest BCUT2D eigenvalue weighted by Crippen LogP contribution is -2.19. The number of carbonyl (C=O) groups excluding carboxylic acids is 1. The molecule has 0 saturated heterocycles. The fourth-order valence-electron chi connectivity index (χ4n) is 2.72. The van der Waals surface area contributed by atoms with E-state index in [2.05, 4.69) is 4.99 Å². The number of hydrogen-bond donors (Lipinski definition) is 0. The van der Waals surface area contributed by atoms with E-state index < -0.39 is 0 Å². The number of carbonyl (C=O) groups is 1. The summed E-state index contributed by atoms with van der Waals surface area (Å²) in [6.45, 7) is 1.21. The topological polar surface area (TPSA) is 52.8 Å². The zero-order chi connectivity index (χ0) is 18.4. The van der Waals surface area contributed by atoms with E-state index in [1.165, 1.54) is 11.3 Å². The molecule has 0 aliphatic carbocycles. The number of methoxy groups -OCH3 is 2. The summed E-state index contributed by atoms with van der Waals surface area (Å²) in [7, 11) is 3.31. The summed E-state index contributed by atoms with van der Waals surface area (Å²) in [6.07, 6.45) is 1.09. The molecule has 0 fully saturated rings. The number of nitrogens with zero attached hydrogens (tertiary/aromatic N) is 2. The third-order valence-electron chi connectivity index (χ3n) is 4.10. The Morgan fingerprint density at radius 3 is 2.69 bits per heavy atom. The van der Waals surface area contributed by atoms with E-state index >= 15 is 0 Å². The summed E-state index contributed by atoms with van der Waals surface area (Å²) in [5, 5.41) is 0. The van der Waals surface area contributed by atoms with Gasteiger partial charge in [-0.05, 0) is 30.2 Å². The van der Waals surface area contributed by atoms with Gasteiger partial charge in [0.15, 0.2) is 4.80 Å². The van der Waals surface area contributed by atoms with Crippen molar-refractivity contribution in [3.63, 3.8) is 0 Å².